The van der Waals surface area contributed by atoms with Crippen LogP contribution in [0.25, 0.3) is 10.8 Å². The second kappa shape index (κ2) is 9.47. The number of anilines is 2. The molecule has 1 saturated heterocycles. The fraction of sp³-hybridized carbons (Fsp3) is 0.333. The largest absolute Gasteiger partial charge is 0.370 e. The van der Waals surface area contributed by atoms with Crippen molar-refractivity contribution >= 4 is 44.6 Å². The van der Waals surface area contributed by atoms with Gasteiger partial charge in [0.1, 0.15) is 0 Å². The smallest absolute Gasteiger partial charge is 0.264 e. The standard InChI is InChI=1S/C24H29N3O2S.ClH/c1-18-8-6-11-22(19(18)2)26(3)30(28,29)24-13-12-23(20-9-4-5-10-21(20)24)27-16-7-14-25-15-17-27;/h4-6,8-13,25H,7,14-17H2,1-3H3;1H. The number of halogens is 1. The topological polar surface area (TPSA) is 52.7 Å². The zero-order chi connectivity index (χ0) is 21.3. The lowest BCUT2D eigenvalue weighted by Gasteiger charge is -2.26. The fourth-order valence-corrected chi connectivity index (χ4v) is 5.64. The Morgan fingerprint density at radius 3 is 2.42 bits per heavy atom. The molecule has 1 N–H and O–H groups in total. The summed E-state index contributed by atoms with van der Waals surface area (Å²) in [5, 5.41) is 5.18. The number of benzene rings is 3. The Morgan fingerprint density at radius 2 is 1.65 bits per heavy atom. The molecule has 1 aliphatic heterocycles. The average molecular weight is 460 g/mol. The van der Waals surface area contributed by atoms with Crippen LogP contribution in [0.2, 0.25) is 0 Å². The Balaban J connectivity index is 0.00000272. The van der Waals surface area contributed by atoms with Crippen LogP contribution in [0.15, 0.2) is 59.5 Å². The maximum Gasteiger partial charge on any atom is 0.264 e. The molecule has 0 aliphatic carbocycles. The zero-order valence-corrected chi connectivity index (χ0v) is 19.9. The molecule has 0 spiro atoms. The molecule has 0 aromatic heterocycles. The normalized spacial score (nSPS) is 14.7. The van der Waals surface area contributed by atoms with Gasteiger partial charge in [0, 0.05) is 43.1 Å². The highest BCUT2D eigenvalue weighted by Gasteiger charge is 2.26. The molecule has 0 radical (unpaired) electrons. The lowest BCUT2D eigenvalue weighted by Crippen LogP contribution is -2.29. The van der Waals surface area contributed by atoms with E-state index >= 15 is 0 Å². The van der Waals surface area contributed by atoms with Crippen molar-refractivity contribution in [3.63, 3.8) is 0 Å². The van der Waals surface area contributed by atoms with E-state index in [1.165, 1.54) is 4.31 Å². The van der Waals surface area contributed by atoms with Gasteiger partial charge in [-0.05, 0) is 56.1 Å². The third kappa shape index (κ3) is 4.38. The van der Waals surface area contributed by atoms with Crippen molar-refractivity contribution in [1.82, 2.24) is 5.32 Å². The van der Waals surface area contributed by atoms with Gasteiger partial charge in [0.05, 0.1) is 10.6 Å². The van der Waals surface area contributed by atoms with Crippen LogP contribution in [0.1, 0.15) is 17.5 Å². The van der Waals surface area contributed by atoms with Crippen LogP contribution in [0.3, 0.4) is 0 Å². The highest BCUT2D eigenvalue weighted by Crippen LogP contribution is 2.35. The third-order valence-corrected chi connectivity index (χ3v) is 7.93. The first-order valence-corrected chi connectivity index (χ1v) is 11.9. The third-order valence-electron chi connectivity index (χ3n) is 6.10. The summed E-state index contributed by atoms with van der Waals surface area (Å²) in [5.41, 5.74) is 3.86. The number of rotatable bonds is 4. The first-order chi connectivity index (χ1) is 14.4. The summed E-state index contributed by atoms with van der Waals surface area (Å²) in [6.45, 7) is 7.79. The maximum atomic E-state index is 13.7. The maximum absolute atomic E-state index is 13.7. The van der Waals surface area contributed by atoms with Crippen molar-refractivity contribution in [2.24, 2.45) is 0 Å². The van der Waals surface area contributed by atoms with Gasteiger partial charge in [-0.25, -0.2) is 8.42 Å². The van der Waals surface area contributed by atoms with Crippen LogP contribution in [0.4, 0.5) is 11.4 Å². The highest BCUT2D eigenvalue weighted by molar-refractivity contribution is 7.93. The molecule has 4 rings (SSSR count). The molecule has 3 aromatic carbocycles. The van der Waals surface area contributed by atoms with E-state index in [0.717, 1.165) is 60.2 Å². The highest BCUT2D eigenvalue weighted by atomic mass is 35.5. The second-order valence-electron chi connectivity index (χ2n) is 7.91. The molecule has 7 heteroatoms. The van der Waals surface area contributed by atoms with Gasteiger partial charge in [0.2, 0.25) is 0 Å². The average Bonchev–Trinajstić information content (AvgIpc) is 3.04. The summed E-state index contributed by atoms with van der Waals surface area (Å²) in [4.78, 5) is 2.70. The van der Waals surface area contributed by atoms with Gasteiger partial charge < -0.3 is 10.2 Å². The molecule has 166 valence electrons. The minimum Gasteiger partial charge on any atom is -0.370 e. The van der Waals surface area contributed by atoms with E-state index in [1.807, 2.05) is 62.4 Å². The summed E-state index contributed by atoms with van der Waals surface area (Å²) < 4.78 is 28.7. The predicted molar refractivity (Wildman–Crippen MR) is 132 cm³/mol. The van der Waals surface area contributed by atoms with Crippen LogP contribution >= 0.6 is 12.4 Å². The number of hydrogen-bond acceptors (Lipinski definition) is 4. The first-order valence-electron chi connectivity index (χ1n) is 10.4. The van der Waals surface area contributed by atoms with Crippen LogP contribution in [-0.2, 0) is 10.0 Å². The quantitative estimate of drug-likeness (QED) is 0.624. The molecule has 0 bridgehead atoms. The van der Waals surface area contributed by atoms with E-state index in [-0.39, 0.29) is 12.4 Å². The van der Waals surface area contributed by atoms with Crippen LogP contribution in [-0.4, -0.2) is 41.6 Å². The van der Waals surface area contributed by atoms with E-state index in [2.05, 4.69) is 10.2 Å². The summed E-state index contributed by atoms with van der Waals surface area (Å²) >= 11 is 0. The Morgan fingerprint density at radius 1 is 0.903 bits per heavy atom. The number of fused-ring (bicyclic) bond motifs is 1. The molecule has 0 saturated carbocycles. The van der Waals surface area contributed by atoms with E-state index in [1.54, 1.807) is 13.1 Å². The number of sulfonamides is 1. The molecule has 3 aromatic rings. The second-order valence-corrected chi connectivity index (χ2v) is 9.85. The molecule has 0 amide bonds. The van der Waals surface area contributed by atoms with Gasteiger partial charge >= 0.3 is 0 Å². The Kier molecular flexibility index (Phi) is 7.14. The predicted octanol–water partition coefficient (Wildman–Crippen LogP) is 4.50. The summed E-state index contributed by atoms with van der Waals surface area (Å²) in [6, 6.07) is 17.3. The molecule has 0 unspecified atom stereocenters. The molecule has 1 fully saturated rings. The minimum absolute atomic E-state index is 0. The number of aryl methyl sites for hydroxylation is 1. The summed E-state index contributed by atoms with van der Waals surface area (Å²) in [5.74, 6) is 0. The van der Waals surface area contributed by atoms with Gasteiger partial charge in [0.15, 0.2) is 0 Å². The van der Waals surface area contributed by atoms with Gasteiger partial charge in [-0.3, -0.25) is 4.31 Å². The zero-order valence-electron chi connectivity index (χ0n) is 18.3. The van der Waals surface area contributed by atoms with E-state index in [0.29, 0.717) is 10.6 Å². The van der Waals surface area contributed by atoms with Crippen LogP contribution < -0.4 is 14.5 Å². The molecular weight excluding hydrogens is 430 g/mol. The number of nitrogens with zero attached hydrogens (tertiary/aromatic N) is 2. The molecule has 1 heterocycles. The van der Waals surface area contributed by atoms with Crippen LogP contribution in [0.5, 0.6) is 0 Å². The molecule has 1 aliphatic rings. The van der Waals surface area contributed by atoms with Gasteiger partial charge in [-0.1, -0.05) is 36.4 Å². The van der Waals surface area contributed by atoms with E-state index in [9.17, 15) is 8.42 Å². The summed E-state index contributed by atoms with van der Waals surface area (Å²) in [6.07, 6.45) is 1.07. The van der Waals surface area contributed by atoms with Crippen molar-refractivity contribution in [2.75, 3.05) is 42.4 Å². The first kappa shape index (κ1) is 23.4. The Hall–Kier alpha value is -2.28. The SMILES string of the molecule is Cc1cccc(N(C)S(=O)(=O)c2ccc(N3CCCNCC3)c3ccccc23)c1C.Cl. The molecular formula is C24H30ClN3O2S. The molecule has 0 atom stereocenters. The fourth-order valence-electron chi connectivity index (χ4n) is 4.20. The lowest BCUT2D eigenvalue weighted by molar-refractivity contribution is 0.595. The van der Waals surface area contributed by atoms with Gasteiger partial charge in [-0.2, -0.15) is 0 Å². The number of hydrogen-bond donors (Lipinski definition) is 1. The minimum atomic E-state index is -3.71. The van der Waals surface area contributed by atoms with E-state index < -0.39 is 10.0 Å². The van der Waals surface area contributed by atoms with Crippen molar-refractivity contribution < 1.29 is 8.42 Å². The lowest BCUT2D eigenvalue weighted by atomic mass is 10.1. The summed E-state index contributed by atoms with van der Waals surface area (Å²) in [7, 11) is -2.07. The molecule has 5 nitrogen and oxygen atoms in total. The van der Waals surface area contributed by atoms with Crippen molar-refractivity contribution in [3.05, 3.63) is 65.7 Å². The van der Waals surface area contributed by atoms with E-state index in [4.69, 9.17) is 0 Å². The van der Waals surface area contributed by atoms with Crippen molar-refractivity contribution in [3.8, 4) is 0 Å². The molecule has 31 heavy (non-hydrogen) atoms. The van der Waals surface area contributed by atoms with Crippen molar-refractivity contribution in [1.29, 1.82) is 0 Å². The van der Waals surface area contributed by atoms with Gasteiger partial charge in [0.25, 0.3) is 10.0 Å². The Bertz CT molecular complexity index is 1170. The monoisotopic (exact) mass is 459 g/mol. The van der Waals surface area contributed by atoms with Crippen molar-refractivity contribution in [2.45, 2.75) is 25.2 Å². The Labute approximate surface area is 191 Å². The number of nitrogens with one attached hydrogen (secondary N) is 1. The van der Waals surface area contributed by atoms with Crippen LogP contribution in [0, 0.1) is 13.8 Å². The van der Waals surface area contributed by atoms with Gasteiger partial charge in [-0.15, -0.1) is 12.4 Å².